The van der Waals surface area contributed by atoms with E-state index in [2.05, 4.69) is 31.7 Å². The lowest BCUT2D eigenvalue weighted by molar-refractivity contribution is -0.115. The monoisotopic (exact) mass is 144 g/mol. The van der Waals surface area contributed by atoms with E-state index in [1.807, 2.05) is 0 Å². The predicted octanol–water partition coefficient (Wildman–Crippen LogP) is -2.45. The van der Waals surface area contributed by atoms with Gasteiger partial charge in [0.05, 0.1) is 26.7 Å². The summed E-state index contributed by atoms with van der Waals surface area (Å²) in [4.78, 5) is 0. The van der Waals surface area contributed by atoms with E-state index in [4.69, 9.17) is 0 Å². The van der Waals surface area contributed by atoms with E-state index in [0.29, 0.717) is 0 Å². The van der Waals surface area contributed by atoms with Gasteiger partial charge in [0.15, 0.2) is 0 Å². The van der Waals surface area contributed by atoms with Crippen molar-refractivity contribution in [2.75, 3.05) is 26.7 Å². The van der Waals surface area contributed by atoms with Crippen LogP contribution < -0.4 is 21.7 Å². The molecule has 2 fully saturated rings. The lowest BCUT2D eigenvalue weighted by Gasteiger charge is -2.42. The second-order valence-electron chi connectivity index (χ2n) is 2.35. The van der Waals surface area contributed by atoms with Gasteiger partial charge >= 0.3 is 0 Å². The van der Waals surface area contributed by atoms with E-state index in [1.54, 1.807) is 0 Å². The molecule has 0 aromatic rings. The van der Waals surface area contributed by atoms with E-state index in [-0.39, 0.29) is 0 Å². The van der Waals surface area contributed by atoms with Crippen molar-refractivity contribution in [3.8, 4) is 0 Å². The molecule has 2 rings (SSSR count). The molecule has 6 nitrogen and oxygen atoms in total. The van der Waals surface area contributed by atoms with Gasteiger partial charge in [0.1, 0.15) is 0 Å². The Labute approximate surface area is 59.5 Å². The topological polar surface area (TPSA) is 54.6 Å². The number of nitrogens with zero attached hydrogens (tertiary/aromatic N) is 2. The molecule has 0 bridgehead atoms. The molecule has 2 aliphatic heterocycles. The van der Waals surface area contributed by atoms with Crippen molar-refractivity contribution in [1.82, 2.24) is 31.7 Å². The number of nitrogens with one attached hydrogen (secondary N) is 4. The van der Waals surface area contributed by atoms with E-state index < -0.39 is 0 Å². The summed E-state index contributed by atoms with van der Waals surface area (Å²) in [5, 5.41) is 4.38. The Morgan fingerprint density at radius 3 is 1.20 bits per heavy atom. The molecule has 2 aliphatic rings. The van der Waals surface area contributed by atoms with Gasteiger partial charge in [-0.15, -0.1) is 0 Å². The first-order chi connectivity index (χ1) is 4.97. The summed E-state index contributed by atoms with van der Waals surface area (Å²) < 4.78 is 0. The zero-order valence-corrected chi connectivity index (χ0v) is 5.72. The Kier molecular flexibility index (Phi) is 1.80. The summed E-state index contributed by atoms with van der Waals surface area (Å²) in [6, 6.07) is 0. The van der Waals surface area contributed by atoms with Gasteiger partial charge in [-0.3, -0.25) is 0 Å². The van der Waals surface area contributed by atoms with Crippen molar-refractivity contribution in [2.24, 2.45) is 0 Å². The highest BCUT2D eigenvalue weighted by Crippen LogP contribution is 1.97. The Balaban J connectivity index is 1.93. The van der Waals surface area contributed by atoms with Crippen LogP contribution in [0.3, 0.4) is 0 Å². The van der Waals surface area contributed by atoms with E-state index >= 15 is 0 Å². The lowest BCUT2D eigenvalue weighted by Crippen LogP contribution is -2.69. The molecule has 10 heavy (non-hydrogen) atoms. The van der Waals surface area contributed by atoms with Gasteiger partial charge in [0.2, 0.25) is 0 Å². The quantitative estimate of drug-likeness (QED) is 0.303. The molecular weight excluding hydrogens is 132 g/mol. The van der Waals surface area contributed by atoms with Gasteiger partial charge in [0.25, 0.3) is 0 Å². The molecule has 0 amide bonds. The van der Waals surface area contributed by atoms with Crippen LogP contribution in [-0.4, -0.2) is 36.7 Å². The minimum absolute atomic E-state index is 0.856. The van der Waals surface area contributed by atoms with Crippen molar-refractivity contribution < 1.29 is 0 Å². The molecule has 0 radical (unpaired) electrons. The largest absolute Gasteiger partial charge is 0.241 e. The fraction of sp³-hybridized carbons (Fsp3) is 1.00. The SMILES string of the molecule is C1NNCN2CNNCN12. The number of hydrazine groups is 3. The fourth-order valence-corrected chi connectivity index (χ4v) is 1.10. The maximum absolute atomic E-state index is 3.05. The minimum atomic E-state index is 0.856. The predicted molar refractivity (Wildman–Crippen MR) is 35.7 cm³/mol. The van der Waals surface area contributed by atoms with Crippen LogP contribution >= 0.6 is 0 Å². The molecule has 58 valence electrons. The van der Waals surface area contributed by atoms with E-state index in [9.17, 15) is 0 Å². The van der Waals surface area contributed by atoms with Crippen LogP contribution in [0.15, 0.2) is 0 Å². The third-order valence-electron chi connectivity index (χ3n) is 1.70. The molecule has 0 spiro atoms. The molecule has 0 aromatic carbocycles. The van der Waals surface area contributed by atoms with E-state index in [0.717, 1.165) is 26.7 Å². The molecule has 0 aromatic heterocycles. The molecular formula is C4H12N6. The standard InChI is InChI=1S/C4H12N6/c1-5-6-3-10-4-8-7-2-9(1)10/h5-8H,1-4H2. The minimum Gasteiger partial charge on any atom is -0.241 e. The number of hydrogen-bond acceptors (Lipinski definition) is 6. The first-order valence-electron chi connectivity index (χ1n) is 3.38. The summed E-state index contributed by atoms with van der Waals surface area (Å²) in [7, 11) is 0. The highest BCUT2D eigenvalue weighted by atomic mass is 15.8. The van der Waals surface area contributed by atoms with Gasteiger partial charge in [-0.05, 0) is 0 Å². The summed E-state index contributed by atoms with van der Waals surface area (Å²) in [6.45, 7) is 3.42. The normalized spacial score (nSPS) is 30.0. The average Bonchev–Trinajstić information content (AvgIpc) is 2.05. The smallest absolute Gasteiger partial charge is 0.0770 e. The van der Waals surface area contributed by atoms with Crippen molar-refractivity contribution in [1.29, 1.82) is 0 Å². The molecule has 0 atom stereocenters. The van der Waals surface area contributed by atoms with Gasteiger partial charge in [-0.2, -0.15) is 0 Å². The third kappa shape index (κ3) is 1.12. The van der Waals surface area contributed by atoms with Crippen LogP contribution in [0.25, 0.3) is 0 Å². The maximum atomic E-state index is 3.05. The molecule has 0 saturated carbocycles. The molecule has 2 saturated heterocycles. The third-order valence-corrected chi connectivity index (χ3v) is 1.70. The van der Waals surface area contributed by atoms with Gasteiger partial charge < -0.3 is 0 Å². The Bertz CT molecular complexity index is 90.3. The van der Waals surface area contributed by atoms with Crippen molar-refractivity contribution in [2.45, 2.75) is 0 Å². The van der Waals surface area contributed by atoms with Crippen molar-refractivity contribution >= 4 is 0 Å². The Morgan fingerprint density at radius 2 is 0.900 bits per heavy atom. The first kappa shape index (κ1) is 6.47. The van der Waals surface area contributed by atoms with Crippen LogP contribution in [0.1, 0.15) is 0 Å². The summed E-state index contributed by atoms with van der Waals surface area (Å²) in [5.41, 5.74) is 12.2. The molecule has 4 N–H and O–H groups in total. The molecule has 2 heterocycles. The number of hydrogen-bond donors (Lipinski definition) is 4. The molecule has 6 heteroatoms. The molecule has 0 unspecified atom stereocenters. The maximum Gasteiger partial charge on any atom is 0.0770 e. The highest BCUT2D eigenvalue weighted by Gasteiger charge is 2.20. The summed E-state index contributed by atoms with van der Waals surface area (Å²) >= 11 is 0. The van der Waals surface area contributed by atoms with Crippen LogP contribution in [-0.2, 0) is 0 Å². The Hall–Kier alpha value is -0.240. The van der Waals surface area contributed by atoms with Gasteiger partial charge in [0, 0.05) is 0 Å². The average molecular weight is 144 g/mol. The fourth-order valence-electron chi connectivity index (χ4n) is 1.10. The van der Waals surface area contributed by atoms with Crippen LogP contribution in [0, 0.1) is 0 Å². The highest BCUT2D eigenvalue weighted by molar-refractivity contribution is 4.60. The first-order valence-corrected chi connectivity index (χ1v) is 3.38. The number of rotatable bonds is 0. The zero-order chi connectivity index (χ0) is 6.81. The summed E-state index contributed by atoms with van der Waals surface area (Å²) in [6.07, 6.45) is 0. The van der Waals surface area contributed by atoms with Crippen LogP contribution in [0.2, 0.25) is 0 Å². The van der Waals surface area contributed by atoms with Crippen LogP contribution in [0.4, 0.5) is 0 Å². The zero-order valence-electron chi connectivity index (χ0n) is 5.72. The Morgan fingerprint density at radius 1 is 0.600 bits per heavy atom. The van der Waals surface area contributed by atoms with Gasteiger partial charge in [-0.25, -0.2) is 31.7 Å². The van der Waals surface area contributed by atoms with Crippen molar-refractivity contribution in [3.63, 3.8) is 0 Å². The van der Waals surface area contributed by atoms with Crippen molar-refractivity contribution in [3.05, 3.63) is 0 Å². The second-order valence-corrected chi connectivity index (χ2v) is 2.35. The lowest BCUT2D eigenvalue weighted by atomic mass is 10.7. The van der Waals surface area contributed by atoms with Crippen LogP contribution in [0.5, 0.6) is 0 Å². The van der Waals surface area contributed by atoms with E-state index in [1.165, 1.54) is 0 Å². The molecule has 0 aliphatic carbocycles. The second kappa shape index (κ2) is 2.79. The van der Waals surface area contributed by atoms with Gasteiger partial charge in [-0.1, -0.05) is 0 Å². The summed E-state index contributed by atoms with van der Waals surface area (Å²) in [5.74, 6) is 0. The number of fused-ring (bicyclic) bond motifs is 1.